The normalized spacial score (nSPS) is 11.8. The fourth-order valence-electron chi connectivity index (χ4n) is 3.62. The molecule has 0 aliphatic rings. The van der Waals surface area contributed by atoms with Gasteiger partial charge in [0.1, 0.15) is 5.82 Å². The maximum absolute atomic E-state index is 13.2. The molecule has 2 N–H and O–H groups in total. The number of anilines is 1. The van der Waals surface area contributed by atoms with Crippen molar-refractivity contribution in [3.05, 3.63) is 98.9 Å². The van der Waals surface area contributed by atoms with E-state index in [4.69, 9.17) is 11.6 Å². The number of benzene rings is 2. The molecule has 4 rings (SSSR count). The summed E-state index contributed by atoms with van der Waals surface area (Å²) in [6, 6.07) is 14.3. The second kappa shape index (κ2) is 9.79. The van der Waals surface area contributed by atoms with Crippen molar-refractivity contribution in [2.75, 3.05) is 5.32 Å². The van der Waals surface area contributed by atoms with Crippen LogP contribution in [0.3, 0.4) is 0 Å². The van der Waals surface area contributed by atoms with Gasteiger partial charge in [-0.1, -0.05) is 23.7 Å². The summed E-state index contributed by atoms with van der Waals surface area (Å²) in [5, 5.41) is 11.1. The van der Waals surface area contributed by atoms with Crippen LogP contribution in [-0.4, -0.2) is 21.6 Å². The van der Waals surface area contributed by atoms with E-state index in [-0.39, 0.29) is 23.7 Å². The average Bonchev–Trinajstić information content (AvgIpc) is 3.36. The molecule has 2 heterocycles. The van der Waals surface area contributed by atoms with E-state index >= 15 is 0 Å². The number of aryl methyl sites for hydroxylation is 1. The lowest BCUT2D eigenvalue weighted by molar-refractivity contribution is 0.0942. The number of amides is 2. The Hall–Kier alpha value is -3.49. The maximum atomic E-state index is 13.2. The van der Waals surface area contributed by atoms with Crippen LogP contribution < -0.4 is 10.6 Å². The Morgan fingerprint density at radius 2 is 1.79 bits per heavy atom. The molecule has 0 fully saturated rings. The van der Waals surface area contributed by atoms with Crippen molar-refractivity contribution in [2.45, 2.75) is 26.8 Å². The largest absolute Gasteiger partial charge is 0.345 e. The Balaban J connectivity index is 1.47. The molecule has 0 saturated heterocycles. The number of hydrogen-bond acceptors (Lipinski definition) is 4. The molecule has 0 aliphatic carbocycles. The van der Waals surface area contributed by atoms with Crippen LogP contribution in [0.4, 0.5) is 9.39 Å². The first-order valence-corrected chi connectivity index (χ1v) is 11.7. The van der Waals surface area contributed by atoms with Crippen LogP contribution in [0.15, 0.2) is 60.8 Å². The summed E-state index contributed by atoms with van der Waals surface area (Å²) >= 11 is 7.30. The molecule has 2 aromatic heterocycles. The number of thiophene rings is 1. The molecule has 2 amide bonds. The van der Waals surface area contributed by atoms with Crippen LogP contribution >= 0.6 is 22.9 Å². The third-order valence-corrected chi connectivity index (χ3v) is 6.89. The van der Waals surface area contributed by atoms with Gasteiger partial charge in [-0.25, -0.2) is 9.07 Å². The highest BCUT2D eigenvalue weighted by molar-refractivity contribution is 7.18. The van der Waals surface area contributed by atoms with Gasteiger partial charge in [0.25, 0.3) is 11.8 Å². The lowest BCUT2D eigenvalue weighted by Crippen LogP contribution is -2.26. The van der Waals surface area contributed by atoms with Gasteiger partial charge in [-0.3, -0.25) is 9.59 Å². The first-order chi connectivity index (χ1) is 16.2. The van der Waals surface area contributed by atoms with Crippen LogP contribution in [0.25, 0.3) is 5.69 Å². The summed E-state index contributed by atoms with van der Waals surface area (Å²) < 4.78 is 14.9. The first kappa shape index (κ1) is 23.7. The monoisotopic (exact) mass is 496 g/mol. The zero-order chi connectivity index (χ0) is 24.4. The van der Waals surface area contributed by atoms with Crippen molar-refractivity contribution in [1.82, 2.24) is 15.1 Å². The Morgan fingerprint density at radius 1 is 1.09 bits per heavy atom. The van der Waals surface area contributed by atoms with Gasteiger partial charge in [0.2, 0.25) is 0 Å². The molecule has 9 heteroatoms. The number of carbonyl (C=O) groups excluding carboxylic acids is 2. The zero-order valence-electron chi connectivity index (χ0n) is 18.7. The van der Waals surface area contributed by atoms with Gasteiger partial charge in [0, 0.05) is 11.3 Å². The molecule has 174 valence electrons. The van der Waals surface area contributed by atoms with Crippen LogP contribution in [0, 0.1) is 19.7 Å². The second-order valence-electron chi connectivity index (χ2n) is 7.83. The van der Waals surface area contributed by atoms with Gasteiger partial charge in [-0.15, -0.1) is 11.3 Å². The summed E-state index contributed by atoms with van der Waals surface area (Å²) in [4.78, 5) is 26.0. The van der Waals surface area contributed by atoms with Crippen molar-refractivity contribution in [1.29, 1.82) is 0 Å². The van der Waals surface area contributed by atoms with Gasteiger partial charge in [0.05, 0.1) is 38.4 Å². The number of rotatable bonds is 6. The van der Waals surface area contributed by atoms with E-state index in [1.165, 1.54) is 23.5 Å². The maximum Gasteiger partial charge on any atom is 0.262 e. The van der Waals surface area contributed by atoms with Gasteiger partial charge in [-0.05, 0) is 68.8 Å². The highest BCUT2D eigenvalue weighted by atomic mass is 35.5. The fraction of sp³-hybridized carbons (Fsp3) is 0.160. The molecule has 2 aromatic carbocycles. The number of nitrogens with one attached hydrogen (secondary N) is 2. The summed E-state index contributed by atoms with van der Waals surface area (Å²) in [7, 11) is 0. The molecule has 0 bridgehead atoms. The SMILES string of the molecule is Cc1cc(NC(=O)c2ccccc2Cl)sc1C(=O)NC(C)c1cnn(-c2ccc(F)cc2)c1C. The second-order valence-corrected chi connectivity index (χ2v) is 9.28. The highest BCUT2D eigenvalue weighted by Gasteiger charge is 2.21. The number of nitrogens with zero attached hydrogens (tertiary/aromatic N) is 2. The van der Waals surface area contributed by atoms with E-state index in [1.54, 1.807) is 53.3 Å². The van der Waals surface area contributed by atoms with Gasteiger partial charge < -0.3 is 10.6 Å². The molecule has 1 atom stereocenters. The number of halogens is 2. The Morgan fingerprint density at radius 3 is 2.50 bits per heavy atom. The minimum atomic E-state index is -0.337. The van der Waals surface area contributed by atoms with Crippen molar-refractivity contribution in [3.8, 4) is 5.69 Å². The summed E-state index contributed by atoms with van der Waals surface area (Å²) in [5.74, 6) is -0.902. The highest BCUT2D eigenvalue weighted by Crippen LogP contribution is 2.29. The predicted octanol–water partition coefficient (Wildman–Crippen LogP) is 6.09. The first-order valence-electron chi connectivity index (χ1n) is 10.5. The quantitative estimate of drug-likeness (QED) is 0.339. The molecular formula is C25H22ClFN4O2S. The van der Waals surface area contributed by atoms with Crippen molar-refractivity contribution < 1.29 is 14.0 Å². The predicted molar refractivity (Wildman–Crippen MR) is 133 cm³/mol. The van der Waals surface area contributed by atoms with Crippen molar-refractivity contribution in [3.63, 3.8) is 0 Å². The Bertz CT molecular complexity index is 1360. The molecule has 6 nitrogen and oxygen atoms in total. The van der Waals surface area contributed by atoms with E-state index in [2.05, 4.69) is 15.7 Å². The average molecular weight is 497 g/mol. The minimum absolute atomic E-state index is 0.248. The molecule has 0 aliphatic heterocycles. The number of carbonyl (C=O) groups is 2. The van der Waals surface area contributed by atoms with E-state index in [0.717, 1.165) is 22.5 Å². The van der Waals surface area contributed by atoms with E-state index in [9.17, 15) is 14.0 Å². The number of aromatic nitrogens is 2. The molecule has 1 unspecified atom stereocenters. The smallest absolute Gasteiger partial charge is 0.262 e. The molecule has 4 aromatic rings. The summed E-state index contributed by atoms with van der Waals surface area (Å²) in [5.41, 5.74) is 3.54. The molecule has 0 spiro atoms. The third-order valence-electron chi connectivity index (χ3n) is 5.41. The van der Waals surface area contributed by atoms with Gasteiger partial charge in [-0.2, -0.15) is 5.10 Å². The zero-order valence-corrected chi connectivity index (χ0v) is 20.3. The topological polar surface area (TPSA) is 76.0 Å². The van der Waals surface area contributed by atoms with Crippen molar-refractivity contribution >= 4 is 39.8 Å². The Labute approximate surface area is 205 Å². The van der Waals surface area contributed by atoms with Gasteiger partial charge >= 0.3 is 0 Å². The van der Waals surface area contributed by atoms with E-state index < -0.39 is 0 Å². The van der Waals surface area contributed by atoms with Crippen molar-refractivity contribution in [2.24, 2.45) is 0 Å². The number of hydrogen-bond donors (Lipinski definition) is 2. The van der Waals surface area contributed by atoms with Crippen LogP contribution in [0.1, 0.15) is 49.8 Å². The van der Waals surface area contributed by atoms with Crippen LogP contribution in [-0.2, 0) is 0 Å². The lowest BCUT2D eigenvalue weighted by Gasteiger charge is -2.14. The molecule has 0 saturated carbocycles. The minimum Gasteiger partial charge on any atom is -0.345 e. The Kier molecular flexibility index (Phi) is 6.81. The van der Waals surface area contributed by atoms with E-state index in [1.807, 2.05) is 20.8 Å². The molecule has 34 heavy (non-hydrogen) atoms. The lowest BCUT2D eigenvalue weighted by atomic mass is 10.1. The third kappa shape index (κ3) is 4.88. The summed E-state index contributed by atoms with van der Waals surface area (Å²) in [6.45, 7) is 5.59. The standard InChI is InChI=1S/C25H22ClFN4O2S/c1-14-12-22(30-24(32)19-6-4-5-7-21(19)26)34-23(14)25(33)29-15(2)20-13-28-31(16(20)3)18-10-8-17(27)9-11-18/h4-13,15H,1-3H3,(H,29,33)(H,30,32). The van der Waals surface area contributed by atoms with Gasteiger partial charge in [0.15, 0.2) is 0 Å². The fourth-order valence-corrected chi connectivity index (χ4v) is 4.82. The molecular weight excluding hydrogens is 475 g/mol. The van der Waals surface area contributed by atoms with E-state index in [0.29, 0.717) is 20.5 Å². The van der Waals surface area contributed by atoms with Crippen LogP contribution in [0.5, 0.6) is 0 Å². The molecule has 0 radical (unpaired) electrons. The summed E-state index contributed by atoms with van der Waals surface area (Å²) in [6.07, 6.45) is 1.69. The van der Waals surface area contributed by atoms with Crippen LogP contribution in [0.2, 0.25) is 5.02 Å².